The van der Waals surface area contributed by atoms with Gasteiger partial charge in [0.2, 0.25) is 0 Å². The third kappa shape index (κ3) is 5.87. The lowest BCUT2D eigenvalue weighted by Gasteiger charge is -2.22. The summed E-state index contributed by atoms with van der Waals surface area (Å²) in [6, 6.07) is 22.1. The van der Waals surface area contributed by atoms with Gasteiger partial charge in [-0.15, -0.1) is 11.3 Å². The van der Waals surface area contributed by atoms with E-state index in [4.69, 9.17) is 9.47 Å². The summed E-state index contributed by atoms with van der Waals surface area (Å²) in [5, 5.41) is 1.84. The molecular formula is C24H22O5S. The monoisotopic (exact) mass is 422 g/mol. The Morgan fingerprint density at radius 2 is 1.33 bits per heavy atom. The summed E-state index contributed by atoms with van der Waals surface area (Å²) in [4.78, 5) is 38.0. The van der Waals surface area contributed by atoms with Crippen molar-refractivity contribution in [3.05, 3.63) is 94.2 Å². The number of ether oxygens (including phenoxy) is 2. The molecule has 0 saturated carbocycles. The molecule has 1 atom stereocenters. The Morgan fingerprint density at radius 1 is 0.800 bits per heavy atom. The average Bonchev–Trinajstić information content (AvgIpc) is 3.32. The molecule has 0 unspecified atom stereocenters. The number of esters is 2. The van der Waals surface area contributed by atoms with E-state index in [0.29, 0.717) is 6.29 Å². The van der Waals surface area contributed by atoms with Crippen LogP contribution < -0.4 is 0 Å². The van der Waals surface area contributed by atoms with Crippen molar-refractivity contribution >= 4 is 29.6 Å². The molecule has 1 aromatic heterocycles. The van der Waals surface area contributed by atoms with E-state index in [1.807, 2.05) is 72.1 Å². The van der Waals surface area contributed by atoms with E-state index in [2.05, 4.69) is 0 Å². The van der Waals surface area contributed by atoms with E-state index in [1.165, 1.54) is 11.3 Å². The first-order valence-corrected chi connectivity index (χ1v) is 10.4. The highest BCUT2D eigenvalue weighted by atomic mass is 32.1. The maximum Gasteiger partial charge on any atom is 0.321 e. The highest BCUT2D eigenvalue weighted by Crippen LogP contribution is 2.33. The van der Waals surface area contributed by atoms with Crippen LogP contribution in [0.3, 0.4) is 0 Å². The Morgan fingerprint density at radius 3 is 1.77 bits per heavy atom. The van der Waals surface area contributed by atoms with Gasteiger partial charge >= 0.3 is 11.9 Å². The van der Waals surface area contributed by atoms with Gasteiger partial charge in [-0.1, -0.05) is 66.7 Å². The lowest BCUT2D eigenvalue weighted by molar-refractivity contribution is -0.165. The third-order valence-corrected chi connectivity index (χ3v) is 5.62. The average molecular weight is 423 g/mol. The summed E-state index contributed by atoms with van der Waals surface area (Å²) in [5.74, 6) is -3.25. The van der Waals surface area contributed by atoms with Gasteiger partial charge in [0.15, 0.2) is 5.92 Å². The van der Waals surface area contributed by atoms with E-state index in [0.717, 1.165) is 16.0 Å². The van der Waals surface area contributed by atoms with Crippen LogP contribution in [0.25, 0.3) is 0 Å². The van der Waals surface area contributed by atoms with Crippen LogP contribution in [0, 0.1) is 5.92 Å². The molecule has 0 amide bonds. The van der Waals surface area contributed by atoms with Gasteiger partial charge < -0.3 is 14.3 Å². The first-order valence-electron chi connectivity index (χ1n) is 9.57. The van der Waals surface area contributed by atoms with Crippen LogP contribution in [-0.4, -0.2) is 18.2 Å². The predicted molar refractivity (Wildman–Crippen MR) is 114 cm³/mol. The molecular weight excluding hydrogens is 400 g/mol. The molecule has 0 saturated heterocycles. The van der Waals surface area contributed by atoms with E-state index in [1.54, 1.807) is 6.07 Å². The fourth-order valence-electron chi connectivity index (χ4n) is 3.08. The lowest BCUT2D eigenvalue weighted by Crippen LogP contribution is -2.33. The Hall–Kier alpha value is -3.25. The Balaban J connectivity index is 1.78. The summed E-state index contributed by atoms with van der Waals surface area (Å²) in [6.07, 6.45) is 0.735. The second kappa shape index (κ2) is 11.1. The zero-order chi connectivity index (χ0) is 21.2. The second-order valence-electron chi connectivity index (χ2n) is 6.69. The zero-order valence-corrected chi connectivity index (χ0v) is 17.1. The summed E-state index contributed by atoms with van der Waals surface area (Å²) >= 11 is 1.39. The fourth-order valence-corrected chi connectivity index (χ4v) is 3.96. The molecule has 30 heavy (non-hydrogen) atoms. The number of benzene rings is 2. The third-order valence-electron chi connectivity index (χ3n) is 4.62. The van der Waals surface area contributed by atoms with Crippen LogP contribution in [-0.2, 0) is 37.1 Å². The van der Waals surface area contributed by atoms with Crippen molar-refractivity contribution in [3.63, 3.8) is 0 Å². The summed E-state index contributed by atoms with van der Waals surface area (Å²) < 4.78 is 10.9. The van der Waals surface area contributed by atoms with Crippen LogP contribution in [0.15, 0.2) is 78.2 Å². The highest BCUT2D eigenvalue weighted by Gasteiger charge is 2.39. The molecule has 3 rings (SSSR count). The largest absolute Gasteiger partial charge is 0.460 e. The van der Waals surface area contributed by atoms with Crippen molar-refractivity contribution in [2.75, 3.05) is 0 Å². The highest BCUT2D eigenvalue weighted by molar-refractivity contribution is 7.10. The molecule has 2 aromatic carbocycles. The van der Waals surface area contributed by atoms with Gasteiger partial charge in [-0.25, -0.2) is 0 Å². The van der Waals surface area contributed by atoms with Crippen LogP contribution in [0.5, 0.6) is 0 Å². The minimum Gasteiger partial charge on any atom is -0.460 e. The van der Waals surface area contributed by atoms with Crippen LogP contribution >= 0.6 is 11.3 Å². The number of rotatable bonds is 10. The number of hydrogen-bond acceptors (Lipinski definition) is 6. The van der Waals surface area contributed by atoms with Crippen molar-refractivity contribution in [2.24, 2.45) is 5.92 Å². The molecule has 0 radical (unpaired) electrons. The van der Waals surface area contributed by atoms with E-state index in [-0.39, 0.29) is 19.6 Å². The van der Waals surface area contributed by atoms with Crippen molar-refractivity contribution < 1.29 is 23.9 Å². The first kappa shape index (κ1) is 21.5. The minimum absolute atomic E-state index is 0.0199. The lowest BCUT2D eigenvalue weighted by atomic mass is 9.88. The molecule has 0 aliphatic rings. The van der Waals surface area contributed by atoms with E-state index < -0.39 is 23.8 Å². The summed E-state index contributed by atoms with van der Waals surface area (Å²) in [7, 11) is 0. The summed E-state index contributed by atoms with van der Waals surface area (Å²) in [5.41, 5.74) is 1.62. The quantitative estimate of drug-likeness (QED) is 0.273. The number of carbonyl (C=O) groups excluding carboxylic acids is 3. The summed E-state index contributed by atoms with van der Waals surface area (Å²) in [6.45, 7) is 0.0841. The van der Waals surface area contributed by atoms with Gasteiger partial charge in [-0.3, -0.25) is 9.59 Å². The van der Waals surface area contributed by atoms with Gasteiger partial charge in [0.1, 0.15) is 19.5 Å². The van der Waals surface area contributed by atoms with E-state index in [9.17, 15) is 14.4 Å². The molecule has 0 aliphatic heterocycles. The van der Waals surface area contributed by atoms with Crippen LogP contribution in [0.2, 0.25) is 0 Å². The molecule has 0 spiro atoms. The van der Waals surface area contributed by atoms with Gasteiger partial charge in [0, 0.05) is 17.2 Å². The van der Waals surface area contributed by atoms with E-state index >= 15 is 0 Å². The normalized spacial score (nSPS) is 11.6. The molecule has 0 bridgehead atoms. The van der Waals surface area contributed by atoms with Gasteiger partial charge in [0.05, 0.1) is 0 Å². The number of thiophene rings is 1. The number of aldehydes is 1. The SMILES string of the molecule is O=CC[C@@H](c1cccs1)C(C(=O)OCc1ccccc1)C(=O)OCc1ccccc1. The predicted octanol–water partition coefficient (Wildman–Crippen LogP) is 4.52. The zero-order valence-electron chi connectivity index (χ0n) is 16.3. The van der Waals surface area contributed by atoms with Gasteiger partial charge in [0.25, 0.3) is 0 Å². The standard InChI is InChI=1S/C24H22O5S/c25-14-13-20(21-12-7-15-30-21)22(23(26)28-16-18-8-3-1-4-9-18)24(27)29-17-19-10-5-2-6-11-19/h1-12,14-15,20,22H,13,16-17H2/t20-/m0/s1. The molecule has 1 heterocycles. The number of hydrogen-bond donors (Lipinski definition) is 0. The van der Waals surface area contributed by atoms with Crippen molar-refractivity contribution in [1.82, 2.24) is 0 Å². The Kier molecular flexibility index (Phi) is 7.92. The molecule has 6 heteroatoms. The van der Waals surface area contributed by atoms with Crippen LogP contribution in [0.1, 0.15) is 28.3 Å². The topological polar surface area (TPSA) is 69.7 Å². The smallest absolute Gasteiger partial charge is 0.321 e. The molecule has 0 fully saturated rings. The number of carbonyl (C=O) groups is 3. The molecule has 154 valence electrons. The minimum atomic E-state index is -1.22. The molecule has 0 N–H and O–H groups in total. The maximum absolute atomic E-state index is 12.9. The van der Waals surface area contributed by atoms with Crippen molar-refractivity contribution in [3.8, 4) is 0 Å². The molecule has 3 aromatic rings. The first-order chi connectivity index (χ1) is 14.7. The Bertz CT molecular complexity index is 883. The van der Waals surface area contributed by atoms with Gasteiger partial charge in [-0.2, -0.15) is 0 Å². The molecule has 0 aliphatic carbocycles. The maximum atomic E-state index is 12.9. The molecule has 5 nitrogen and oxygen atoms in total. The van der Waals surface area contributed by atoms with Gasteiger partial charge in [-0.05, 0) is 22.6 Å². The second-order valence-corrected chi connectivity index (χ2v) is 7.67. The van der Waals surface area contributed by atoms with Crippen molar-refractivity contribution in [2.45, 2.75) is 25.6 Å². The Labute approximate surface area is 179 Å². The van der Waals surface area contributed by atoms with Crippen LogP contribution in [0.4, 0.5) is 0 Å². The van der Waals surface area contributed by atoms with Crippen molar-refractivity contribution in [1.29, 1.82) is 0 Å². The fraction of sp³-hybridized carbons (Fsp3) is 0.208.